The fourth-order valence-electron chi connectivity index (χ4n) is 3.20. The highest BCUT2D eigenvalue weighted by Crippen LogP contribution is 2.32. The minimum absolute atomic E-state index is 0.0272. The molecule has 1 aromatic carbocycles. The molecule has 2 atom stereocenters. The van der Waals surface area contributed by atoms with Crippen LogP contribution in [0.3, 0.4) is 0 Å². The number of hydrogen-bond donors (Lipinski definition) is 2. The lowest BCUT2D eigenvalue weighted by Gasteiger charge is -2.19. The first-order chi connectivity index (χ1) is 12.5. The smallest absolute Gasteiger partial charge is 0.315 e. The SMILES string of the molecule is C[C@H]1c2ccccc2C[C@H]1NC(=O)NCc1ccncc1OCC(F)F. The normalized spacial score (nSPS) is 18.5. The van der Waals surface area contributed by atoms with E-state index < -0.39 is 13.0 Å². The van der Waals surface area contributed by atoms with Gasteiger partial charge in [-0.25, -0.2) is 13.6 Å². The molecule has 0 saturated carbocycles. The van der Waals surface area contributed by atoms with Crippen LogP contribution < -0.4 is 15.4 Å². The van der Waals surface area contributed by atoms with Crippen LogP contribution in [0.5, 0.6) is 5.75 Å². The second-order valence-corrected chi connectivity index (χ2v) is 6.31. The molecule has 2 aromatic rings. The van der Waals surface area contributed by atoms with Crippen LogP contribution in [0.4, 0.5) is 13.6 Å². The maximum atomic E-state index is 12.3. The number of ether oxygens (including phenoxy) is 1. The molecule has 26 heavy (non-hydrogen) atoms. The van der Waals surface area contributed by atoms with Gasteiger partial charge in [0.1, 0.15) is 12.4 Å². The number of rotatable bonds is 6. The van der Waals surface area contributed by atoms with Crippen LogP contribution in [0, 0.1) is 0 Å². The Kier molecular flexibility index (Phi) is 5.65. The van der Waals surface area contributed by atoms with Gasteiger partial charge in [-0.15, -0.1) is 0 Å². The minimum atomic E-state index is -2.56. The summed E-state index contributed by atoms with van der Waals surface area (Å²) in [5.74, 6) is 0.484. The largest absolute Gasteiger partial charge is 0.486 e. The number of carbonyl (C=O) groups excluding carboxylic acids is 1. The predicted molar refractivity (Wildman–Crippen MR) is 93.5 cm³/mol. The number of fused-ring (bicyclic) bond motifs is 1. The fraction of sp³-hybridized carbons (Fsp3) is 0.368. The van der Waals surface area contributed by atoms with Crippen molar-refractivity contribution in [1.82, 2.24) is 15.6 Å². The van der Waals surface area contributed by atoms with E-state index in [-0.39, 0.29) is 30.3 Å². The zero-order valence-corrected chi connectivity index (χ0v) is 14.4. The molecule has 1 aromatic heterocycles. The molecular weight excluding hydrogens is 340 g/mol. The zero-order valence-electron chi connectivity index (χ0n) is 14.4. The van der Waals surface area contributed by atoms with Crippen molar-refractivity contribution in [2.24, 2.45) is 0 Å². The minimum Gasteiger partial charge on any atom is -0.486 e. The van der Waals surface area contributed by atoms with Gasteiger partial charge in [-0.1, -0.05) is 31.2 Å². The Morgan fingerprint density at radius 1 is 1.35 bits per heavy atom. The van der Waals surface area contributed by atoms with Crippen molar-refractivity contribution in [1.29, 1.82) is 0 Å². The van der Waals surface area contributed by atoms with Crippen LogP contribution >= 0.6 is 0 Å². The van der Waals surface area contributed by atoms with Crippen LogP contribution in [0.15, 0.2) is 42.7 Å². The summed E-state index contributed by atoms with van der Waals surface area (Å²) < 4.78 is 29.7. The Bertz CT molecular complexity index is 770. The van der Waals surface area contributed by atoms with E-state index >= 15 is 0 Å². The van der Waals surface area contributed by atoms with Crippen LogP contribution in [-0.4, -0.2) is 30.1 Å². The van der Waals surface area contributed by atoms with Crippen molar-refractivity contribution in [2.45, 2.75) is 38.3 Å². The molecule has 1 heterocycles. The Morgan fingerprint density at radius 3 is 2.92 bits per heavy atom. The van der Waals surface area contributed by atoms with E-state index in [9.17, 15) is 13.6 Å². The monoisotopic (exact) mass is 361 g/mol. The molecular formula is C19H21F2N3O2. The van der Waals surface area contributed by atoms with Gasteiger partial charge in [0, 0.05) is 30.3 Å². The number of pyridine rings is 1. The highest BCUT2D eigenvalue weighted by atomic mass is 19.3. The quantitative estimate of drug-likeness (QED) is 0.830. The van der Waals surface area contributed by atoms with Gasteiger partial charge < -0.3 is 15.4 Å². The molecule has 138 valence electrons. The number of nitrogens with zero attached hydrogens (tertiary/aromatic N) is 1. The number of nitrogens with one attached hydrogen (secondary N) is 2. The van der Waals surface area contributed by atoms with E-state index in [1.165, 1.54) is 23.5 Å². The number of hydrogen-bond acceptors (Lipinski definition) is 3. The van der Waals surface area contributed by atoms with Gasteiger partial charge in [0.15, 0.2) is 0 Å². The van der Waals surface area contributed by atoms with Crippen molar-refractivity contribution in [3.05, 3.63) is 59.4 Å². The summed E-state index contributed by atoms with van der Waals surface area (Å²) in [5, 5.41) is 5.74. The molecule has 1 aliphatic rings. The maximum Gasteiger partial charge on any atom is 0.315 e. The van der Waals surface area contributed by atoms with Gasteiger partial charge in [0.05, 0.1) is 6.20 Å². The first-order valence-corrected chi connectivity index (χ1v) is 8.50. The lowest BCUT2D eigenvalue weighted by Crippen LogP contribution is -2.43. The van der Waals surface area contributed by atoms with Crippen molar-refractivity contribution < 1.29 is 18.3 Å². The average molecular weight is 361 g/mol. The first-order valence-electron chi connectivity index (χ1n) is 8.50. The molecule has 3 rings (SSSR count). The Hall–Kier alpha value is -2.70. The van der Waals surface area contributed by atoms with E-state index in [2.05, 4.69) is 34.7 Å². The molecule has 0 aliphatic heterocycles. The Balaban J connectivity index is 1.54. The molecule has 0 saturated heterocycles. The van der Waals surface area contributed by atoms with Crippen molar-refractivity contribution in [3.8, 4) is 5.75 Å². The summed E-state index contributed by atoms with van der Waals surface area (Å²) in [5.41, 5.74) is 3.11. The van der Waals surface area contributed by atoms with Crippen LogP contribution in [0.25, 0.3) is 0 Å². The first kappa shape index (κ1) is 18.1. The molecule has 1 aliphatic carbocycles. The highest BCUT2D eigenvalue weighted by Gasteiger charge is 2.29. The molecule has 0 bridgehead atoms. The van der Waals surface area contributed by atoms with E-state index in [4.69, 9.17) is 4.74 Å². The molecule has 2 amide bonds. The summed E-state index contributed by atoms with van der Waals surface area (Å²) in [6.45, 7) is 1.56. The second kappa shape index (κ2) is 8.12. The molecule has 5 nitrogen and oxygen atoms in total. The van der Waals surface area contributed by atoms with E-state index in [1.54, 1.807) is 6.07 Å². The standard InChI is InChI=1S/C19H21F2N3O2/c1-12-15-5-3-2-4-13(15)8-16(12)24-19(25)23-9-14-6-7-22-10-17(14)26-11-18(20)21/h2-7,10,12,16,18H,8-9,11H2,1H3,(H2,23,24,25)/t12-,16+/m0/s1. The van der Waals surface area contributed by atoms with E-state index in [1.807, 2.05) is 12.1 Å². The van der Waals surface area contributed by atoms with Gasteiger partial charge in [-0.2, -0.15) is 0 Å². The van der Waals surface area contributed by atoms with Crippen molar-refractivity contribution in [3.63, 3.8) is 0 Å². The molecule has 2 N–H and O–H groups in total. The lowest BCUT2D eigenvalue weighted by atomic mass is 10.0. The average Bonchev–Trinajstić information content (AvgIpc) is 2.95. The number of urea groups is 1. The van der Waals surface area contributed by atoms with Crippen LogP contribution in [0.2, 0.25) is 0 Å². The number of benzene rings is 1. The summed E-state index contributed by atoms with van der Waals surface area (Å²) in [4.78, 5) is 16.1. The number of aromatic nitrogens is 1. The topological polar surface area (TPSA) is 63.2 Å². The van der Waals surface area contributed by atoms with Crippen molar-refractivity contribution >= 4 is 6.03 Å². The summed E-state index contributed by atoms with van der Waals surface area (Å²) in [6.07, 6.45) is 1.13. The fourth-order valence-corrected chi connectivity index (χ4v) is 3.20. The van der Waals surface area contributed by atoms with Gasteiger partial charge in [0.25, 0.3) is 6.43 Å². The van der Waals surface area contributed by atoms with Gasteiger partial charge in [-0.05, 0) is 23.6 Å². The third-order valence-electron chi connectivity index (χ3n) is 4.58. The Morgan fingerprint density at radius 2 is 2.15 bits per heavy atom. The van der Waals surface area contributed by atoms with Gasteiger partial charge >= 0.3 is 6.03 Å². The number of halogens is 2. The van der Waals surface area contributed by atoms with Gasteiger partial charge in [-0.3, -0.25) is 4.98 Å². The van der Waals surface area contributed by atoms with E-state index in [0.717, 1.165) is 6.42 Å². The zero-order chi connectivity index (χ0) is 18.5. The van der Waals surface area contributed by atoms with E-state index in [0.29, 0.717) is 5.56 Å². The molecule has 7 heteroatoms. The molecule has 0 radical (unpaired) electrons. The molecule has 0 spiro atoms. The predicted octanol–water partition coefficient (Wildman–Crippen LogP) is 3.25. The number of carbonyl (C=O) groups is 1. The maximum absolute atomic E-state index is 12.3. The third-order valence-corrected chi connectivity index (χ3v) is 4.58. The Labute approximate surface area is 150 Å². The molecule has 0 fully saturated rings. The van der Waals surface area contributed by atoms with Gasteiger partial charge in [0.2, 0.25) is 0 Å². The lowest BCUT2D eigenvalue weighted by molar-refractivity contribution is 0.0812. The molecule has 0 unspecified atom stereocenters. The number of amides is 2. The van der Waals surface area contributed by atoms with Crippen molar-refractivity contribution in [2.75, 3.05) is 6.61 Å². The van der Waals surface area contributed by atoms with Crippen LogP contribution in [0.1, 0.15) is 29.5 Å². The highest BCUT2D eigenvalue weighted by molar-refractivity contribution is 5.74. The summed E-state index contributed by atoms with van der Waals surface area (Å²) in [7, 11) is 0. The second-order valence-electron chi connectivity index (χ2n) is 6.31. The van der Waals surface area contributed by atoms with Crippen LogP contribution in [-0.2, 0) is 13.0 Å². The number of alkyl halides is 2. The third kappa shape index (κ3) is 4.28. The summed E-state index contributed by atoms with van der Waals surface area (Å²) in [6, 6.07) is 9.53. The summed E-state index contributed by atoms with van der Waals surface area (Å²) >= 11 is 0.